The van der Waals surface area contributed by atoms with Crippen molar-refractivity contribution in [1.29, 1.82) is 0 Å². The number of hydrogen-bond acceptors (Lipinski definition) is 10. The second-order valence-corrected chi connectivity index (χ2v) is 18.1. The van der Waals surface area contributed by atoms with E-state index in [9.17, 15) is 24.0 Å². The van der Waals surface area contributed by atoms with Crippen LogP contribution < -0.4 is 0 Å². The van der Waals surface area contributed by atoms with Crippen molar-refractivity contribution in [3.8, 4) is 0 Å². The number of rotatable bonds is 0. The zero-order chi connectivity index (χ0) is 16.0. The standard InChI is InChI=1S/C5H20O10Si5.15W/c1-16(6)11-17(2,7)13-19(4,9)15-20(5,10)14-18(3,8)12-16;;;;;;;;;;;;;;;/h6-10H,1-5H3;;;;;;;;;;;;;;;. The SMILES string of the molecule is C[Si]1(O)O[Si](C)(O)O[Si](C)(O)O[Si](C)(O)O[Si](C)(O)O1.[W].[W].[W].[W].[W].[W].[W].[W].[W].[W].[W].[W].[W].[W].[W]. The van der Waals surface area contributed by atoms with Gasteiger partial charge in [0, 0.05) is 349 Å². The summed E-state index contributed by atoms with van der Waals surface area (Å²) in [6, 6.07) is 0. The van der Waals surface area contributed by atoms with Crippen LogP contribution in [-0.2, 0) is 337 Å². The molecule has 0 unspecified atom stereocenters. The first-order chi connectivity index (χ1) is 8.54. The molecule has 0 aliphatic carbocycles. The molecular formula is C5H20O10Si5W15. The van der Waals surface area contributed by atoms with E-state index in [-0.39, 0.29) is 316 Å². The fourth-order valence-electron chi connectivity index (χ4n) is 1.86. The Hall–Kier alpha value is 11.0. The van der Waals surface area contributed by atoms with Gasteiger partial charge in [0.25, 0.3) is 0 Å². The van der Waals surface area contributed by atoms with Gasteiger partial charge in [0.15, 0.2) is 0 Å². The first-order valence-corrected chi connectivity index (χ1v) is 17.0. The Morgan fingerprint density at radius 3 is 0.371 bits per heavy atom. The van der Waals surface area contributed by atoms with Crippen LogP contribution in [0.1, 0.15) is 0 Å². The van der Waals surface area contributed by atoms with Gasteiger partial charge in [-0.15, -0.1) is 0 Å². The quantitative estimate of drug-likeness (QED) is 0.171. The molecule has 10 nitrogen and oxygen atoms in total. The van der Waals surface area contributed by atoms with Crippen molar-refractivity contribution in [2.75, 3.05) is 0 Å². The van der Waals surface area contributed by atoms with E-state index < -0.39 is 44.0 Å². The molecule has 210 valence electrons. The van der Waals surface area contributed by atoms with E-state index in [0.29, 0.717) is 0 Å². The maximum atomic E-state index is 10.0. The summed E-state index contributed by atoms with van der Waals surface area (Å²) in [5.41, 5.74) is 0. The minimum atomic E-state index is -3.98. The molecule has 30 heteroatoms. The molecular weight excluding hydrogens is 3120 g/mol. The molecule has 0 radical (unpaired) electrons. The van der Waals surface area contributed by atoms with Gasteiger partial charge in [-0.25, -0.2) is 0 Å². The Labute approximate surface area is 427 Å². The summed E-state index contributed by atoms with van der Waals surface area (Å²) in [6.07, 6.45) is 0. The van der Waals surface area contributed by atoms with Crippen molar-refractivity contribution in [2.45, 2.75) is 32.7 Å². The molecule has 1 aliphatic heterocycles. The second-order valence-electron chi connectivity index (χ2n) is 5.00. The van der Waals surface area contributed by atoms with Gasteiger partial charge < -0.3 is 44.6 Å². The Balaban J connectivity index is -0.0000000205. The van der Waals surface area contributed by atoms with Crippen LogP contribution in [0.3, 0.4) is 0 Å². The van der Waals surface area contributed by atoms with Gasteiger partial charge in [-0.3, -0.25) is 0 Å². The van der Waals surface area contributed by atoms with E-state index in [4.69, 9.17) is 20.6 Å². The molecule has 0 atom stereocenters. The first-order valence-electron chi connectivity index (χ1n) is 5.66. The summed E-state index contributed by atoms with van der Waals surface area (Å²) in [4.78, 5) is 50.1. The summed E-state index contributed by atoms with van der Waals surface area (Å²) in [6.45, 7) is 5.75. The molecule has 0 bridgehead atoms. The smallest absolute Gasteiger partial charge is 0.391 e. The van der Waals surface area contributed by atoms with Crippen LogP contribution in [-0.4, -0.2) is 68.0 Å². The van der Waals surface area contributed by atoms with Gasteiger partial charge in [-0.05, 0) is 0 Å². The van der Waals surface area contributed by atoms with E-state index in [0.717, 1.165) is 32.7 Å². The van der Waals surface area contributed by atoms with Gasteiger partial charge in [-0.2, -0.15) is 0 Å². The molecule has 1 heterocycles. The van der Waals surface area contributed by atoms with Crippen LogP contribution in [0.4, 0.5) is 0 Å². The fourth-order valence-corrected chi connectivity index (χ4v) is 18.6. The molecule has 1 fully saturated rings. The van der Waals surface area contributed by atoms with Crippen molar-refractivity contribution in [3.63, 3.8) is 0 Å². The molecule has 1 rings (SSSR count). The van der Waals surface area contributed by atoms with E-state index in [2.05, 4.69) is 0 Å². The van der Waals surface area contributed by atoms with Crippen LogP contribution in [0, 0.1) is 0 Å². The monoisotopic (exact) mass is 3140 g/mol. The van der Waals surface area contributed by atoms with E-state index in [1.54, 1.807) is 0 Å². The van der Waals surface area contributed by atoms with Gasteiger partial charge >= 0.3 is 44.0 Å². The van der Waals surface area contributed by atoms with E-state index >= 15 is 0 Å². The van der Waals surface area contributed by atoms with E-state index in [1.807, 2.05) is 0 Å². The summed E-state index contributed by atoms with van der Waals surface area (Å²) in [7, 11) is -19.9. The van der Waals surface area contributed by atoms with Crippen molar-refractivity contribution in [2.24, 2.45) is 0 Å². The van der Waals surface area contributed by atoms with E-state index in [1.165, 1.54) is 0 Å². The summed E-state index contributed by atoms with van der Waals surface area (Å²) >= 11 is 0. The van der Waals surface area contributed by atoms with Crippen molar-refractivity contribution in [3.05, 3.63) is 0 Å². The molecule has 1 aliphatic rings. The van der Waals surface area contributed by atoms with Crippen LogP contribution in [0.15, 0.2) is 0 Å². The van der Waals surface area contributed by atoms with Crippen LogP contribution in [0.2, 0.25) is 32.7 Å². The Morgan fingerprint density at radius 2 is 0.314 bits per heavy atom. The Kier molecular flexibility index (Phi) is 114. The largest absolute Gasteiger partial charge is 0.480 e. The molecule has 1 saturated heterocycles. The maximum absolute atomic E-state index is 10.0. The topological polar surface area (TPSA) is 147 Å². The maximum Gasteiger partial charge on any atom is 0.480 e. The minimum absolute atomic E-state index is 0. The van der Waals surface area contributed by atoms with Crippen LogP contribution in [0.25, 0.3) is 0 Å². The molecule has 5 N–H and O–H groups in total. The summed E-state index contributed by atoms with van der Waals surface area (Å²) in [5.74, 6) is 0. The van der Waals surface area contributed by atoms with Crippen LogP contribution >= 0.6 is 0 Å². The van der Waals surface area contributed by atoms with Crippen molar-refractivity contribution in [1.82, 2.24) is 0 Å². The molecule has 0 aromatic heterocycles. The average Bonchev–Trinajstić information content (AvgIpc) is 1.84. The molecule has 0 saturated carbocycles. The Bertz CT molecular complexity index is 302. The molecule has 0 aromatic rings. The summed E-state index contributed by atoms with van der Waals surface area (Å²) < 4.78 is 25.0. The average molecular weight is 3140 g/mol. The predicted octanol–water partition coefficient (Wildman–Crippen LogP) is -2.15. The second kappa shape index (κ2) is 41.2. The van der Waals surface area contributed by atoms with Gasteiger partial charge in [0.1, 0.15) is 0 Å². The van der Waals surface area contributed by atoms with Crippen molar-refractivity contribution >= 4 is 44.0 Å². The van der Waals surface area contributed by atoms with Crippen molar-refractivity contribution < 1.29 is 361 Å². The molecule has 0 amide bonds. The summed E-state index contributed by atoms with van der Waals surface area (Å²) in [5, 5.41) is 0. The fraction of sp³-hybridized carbons (Fsp3) is 1.00. The Morgan fingerprint density at radius 1 is 0.257 bits per heavy atom. The normalized spacial score (nSPS) is 31.7. The third kappa shape index (κ3) is 49.5. The van der Waals surface area contributed by atoms with Gasteiger partial charge in [0.05, 0.1) is 0 Å². The first kappa shape index (κ1) is 96.9. The van der Waals surface area contributed by atoms with Gasteiger partial charge in [0.2, 0.25) is 0 Å². The zero-order valence-corrected chi connectivity index (χ0v) is 66.9. The number of hydrogen-bond donors (Lipinski definition) is 5. The molecule has 0 aromatic carbocycles. The molecule has 0 spiro atoms. The molecule has 35 heavy (non-hydrogen) atoms. The predicted molar refractivity (Wildman–Crippen MR) is 74.6 cm³/mol. The van der Waals surface area contributed by atoms with Gasteiger partial charge in [-0.1, -0.05) is 0 Å². The zero-order valence-electron chi connectivity index (χ0n) is 17.9. The third-order valence-corrected chi connectivity index (χ3v) is 17.0. The minimum Gasteiger partial charge on any atom is -0.391 e. The third-order valence-electron chi connectivity index (χ3n) is 1.89. The van der Waals surface area contributed by atoms with Crippen LogP contribution in [0.5, 0.6) is 0 Å².